The second-order valence-corrected chi connectivity index (χ2v) is 12.6. The van der Waals surface area contributed by atoms with Gasteiger partial charge < -0.3 is 9.84 Å². The maximum absolute atomic E-state index is 14.0. The Morgan fingerprint density at radius 1 is 0.800 bits per heavy atom. The van der Waals surface area contributed by atoms with Gasteiger partial charge in [-0.2, -0.15) is 0 Å². The van der Waals surface area contributed by atoms with Crippen LogP contribution in [0.4, 0.5) is 0 Å². The van der Waals surface area contributed by atoms with Crippen molar-refractivity contribution in [3.8, 4) is 0 Å². The Morgan fingerprint density at radius 3 is 1.54 bits per heavy atom. The van der Waals surface area contributed by atoms with Crippen molar-refractivity contribution in [1.82, 2.24) is 0 Å². The molecule has 5 nitrogen and oxygen atoms in total. The largest absolute Gasteiger partial charge is 0.481 e. The minimum Gasteiger partial charge on any atom is -0.481 e. The van der Waals surface area contributed by atoms with Crippen molar-refractivity contribution in [1.29, 1.82) is 0 Å². The van der Waals surface area contributed by atoms with Crippen LogP contribution >= 0.6 is 7.26 Å². The summed E-state index contributed by atoms with van der Waals surface area (Å²) in [7, 11) is -2.88. The van der Waals surface area contributed by atoms with E-state index in [-0.39, 0.29) is 25.2 Å². The number of aliphatic carboxylic acids is 1. The molecule has 0 saturated carbocycles. The highest BCUT2D eigenvalue weighted by molar-refractivity contribution is 7.97. The maximum Gasteiger partial charge on any atom is 0.356 e. The highest BCUT2D eigenvalue weighted by Gasteiger charge is 2.59. The Labute approximate surface area is 207 Å². The van der Waals surface area contributed by atoms with E-state index in [0.29, 0.717) is 0 Å². The fraction of sp³-hybridized carbons (Fsp3) is 0.276. The Morgan fingerprint density at radius 2 is 1.20 bits per heavy atom. The molecule has 1 atom stereocenters. The number of carboxylic acid groups (broad SMARTS) is 1. The zero-order valence-corrected chi connectivity index (χ0v) is 21.3. The number of carbonyl (C=O) groups is 3. The molecule has 3 rings (SSSR count). The number of rotatable bonds is 11. The lowest BCUT2D eigenvalue weighted by Crippen LogP contribution is -2.47. The normalized spacial score (nSPS) is 12.5. The molecule has 6 heteroatoms. The Hall–Kier alpha value is -3.30. The zero-order valence-electron chi connectivity index (χ0n) is 20.4. The van der Waals surface area contributed by atoms with Crippen LogP contribution in [-0.4, -0.2) is 35.1 Å². The van der Waals surface area contributed by atoms with Crippen LogP contribution in [0.2, 0.25) is 0 Å². The molecule has 1 N–H and O–H groups in total. The molecule has 0 aliphatic heterocycles. The average Bonchev–Trinajstić information content (AvgIpc) is 2.87. The van der Waals surface area contributed by atoms with E-state index in [9.17, 15) is 19.5 Å². The van der Waals surface area contributed by atoms with E-state index in [2.05, 4.69) is 0 Å². The Bertz CT molecular complexity index is 1050. The Kier molecular flexibility index (Phi) is 8.58. The summed E-state index contributed by atoms with van der Waals surface area (Å²) in [6, 6.07) is 29.0. The summed E-state index contributed by atoms with van der Waals surface area (Å²) in [5.74, 6) is -1.86. The molecule has 0 aromatic heterocycles. The summed E-state index contributed by atoms with van der Waals surface area (Å²) in [5, 5.41) is 12.3. The average molecular weight is 492 g/mol. The number of esters is 1. The van der Waals surface area contributed by atoms with E-state index < -0.39 is 30.3 Å². The maximum atomic E-state index is 14.0. The SMILES string of the molecule is CCOC(=O)C(C(=O)CCC(C)(C)C(=O)O)[P+](c1ccccc1)(c1ccccc1)c1ccccc1. The molecule has 0 aliphatic carbocycles. The van der Waals surface area contributed by atoms with E-state index in [1.54, 1.807) is 20.8 Å². The van der Waals surface area contributed by atoms with Gasteiger partial charge in [0.15, 0.2) is 5.78 Å². The first kappa shape index (κ1) is 26.3. The lowest BCUT2D eigenvalue weighted by molar-refractivity contribution is -0.147. The molecular weight excluding hydrogens is 459 g/mol. The number of hydrogen-bond acceptors (Lipinski definition) is 4. The monoisotopic (exact) mass is 491 g/mol. The number of ketones is 1. The summed E-state index contributed by atoms with van der Waals surface area (Å²) in [4.78, 5) is 39.4. The van der Waals surface area contributed by atoms with Crippen LogP contribution in [0.5, 0.6) is 0 Å². The molecule has 0 aliphatic rings. The van der Waals surface area contributed by atoms with Gasteiger partial charge in [-0.15, -0.1) is 0 Å². The van der Waals surface area contributed by atoms with Crippen molar-refractivity contribution in [2.45, 2.75) is 39.3 Å². The minimum atomic E-state index is -2.88. The van der Waals surface area contributed by atoms with Crippen molar-refractivity contribution in [2.75, 3.05) is 6.61 Å². The van der Waals surface area contributed by atoms with Crippen LogP contribution in [0.1, 0.15) is 33.6 Å². The molecule has 35 heavy (non-hydrogen) atoms. The van der Waals surface area contributed by atoms with Gasteiger partial charge in [0.1, 0.15) is 23.2 Å². The van der Waals surface area contributed by atoms with Crippen molar-refractivity contribution in [3.05, 3.63) is 91.0 Å². The number of carboxylic acids is 1. The fourth-order valence-electron chi connectivity index (χ4n) is 4.29. The lowest BCUT2D eigenvalue weighted by atomic mass is 9.87. The Balaban J connectivity index is 2.31. The van der Waals surface area contributed by atoms with Gasteiger partial charge in [0, 0.05) is 6.42 Å². The van der Waals surface area contributed by atoms with Gasteiger partial charge in [0.25, 0.3) is 0 Å². The zero-order chi connectivity index (χ0) is 25.5. The van der Waals surface area contributed by atoms with Gasteiger partial charge in [0.2, 0.25) is 5.66 Å². The molecule has 0 spiro atoms. The van der Waals surface area contributed by atoms with Gasteiger partial charge >= 0.3 is 11.9 Å². The third kappa shape index (κ3) is 5.52. The molecule has 0 radical (unpaired) electrons. The molecule has 3 aromatic carbocycles. The highest BCUT2D eigenvalue weighted by atomic mass is 31.2. The minimum absolute atomic E-state index is 0.0446. The quantitative estimate of drug-likeness (QED) is 0.245. The third-order valence-corrected chi connectivity index (χ3v) is 10.9. The highest BCUT2D eigenvalue weighted by Crippen LogP contribution is 2.60. The van der Waals surface area contributed by atoms with E-state index in [0.717, 1.165) is 15.9 Å². The van der Waals surface area contributed by atoms with Crippen molar-refractivity contribution >= 4 is 40.9 Å². The van der Waals surface area contributed by atoms with E-state index in [1.807, 2.05) is 91.0 Å². The van der Waals surface area contributed by atoms with Gasteiger partial charge in [-0.05, 0) is 63.6 Å². The number of benzene rings is 3. The number of hydrogen-bond donors (Lipinski definition) is 1. The molecule has 1 unspecified atom stereocenters. The van der Waals surface area contributed by atoms with E-state index >= 15 is 0 Å². The van der Waals surface area contributed by atoms with Gasteiger partial charge in [0.05, 0.1) is 12.0 Å². The first-order chi connectivity index (χ1) is 16.7. The predicted octanol–water partition coefficient (Wildman–Crippen LogP) is 4.37. The topological polar surface area (TPSA) is 80.7 Å². The summed E-state index contributed by atoms with van der Waals surface area (Å²) < 4.78 is 5.53. The molecule has 182 valence electrons. The van der Waals surface area contributed by atoms with Crippen LogP contribution in [-0.2, 0) is 19.1 Å². The predicted molar refractivity (Wildman–Crippen MR) is 141 cm³/mol. The van der Waals surface area contributed by atoms with Crippen LogP contribution in [0, 0.1) is 5.41 Å². The molecule has 0 bridgehead atoms. The summed E-state index contributed by atoms with van der Waals surface area (Å²) in [6.45, 7) is 5.05. The second kappa shape index (κ2) is 11.4. The molecule has 3 aromatic rings. The first-order valence-electron chi connectivity index (χ1n) is 11.7. The number of ether oxygens (including phenoxy) is 1. The summed E-state index contributed by atoms with van der Waals surface area (Å²) in [5.41, 5.74) is -2.19. The number of Topliss-reactive ketones (excluding diaryl/α,β-unsaturated/α-hetero) is 1. The van der Waals surface area contributed by atoms with Crippen LogP contribution in [0.3, 0.4) is 0 Å². The van der Waals surface area contributed by atoms with Crippen LogP contribution < -0.4 is 15.9 Å². The third-order valence-electron chi connectivity index (χ3n) is 6.27. The van der Waals surface area contributed by atoms with E-state index in [1.165, 1.54) is 0 Å². The first-order valence-corrected chi connectivity index (χ1v) is 13.6. The lowest BCUT2D eigenvalue weighted by Gasteiger charge is -2.33. The standard InChI is InChI=1S/C29H31O5P/c1-4-34-27(31)26(25(30)20-21-29(2,3)28(32)33)35(22-14-8-5-9-15-22,23-16-10-6-11-17-23)24-18-12-7-13-19-24/h5-19,26H,4,20-21H2,1-3H3/p+1. The van der Waals surface area contributed by atoms with Crippen molar-refractivity contribution in [3.63, 3.8) is 0 Å². The summed E-state index contributed by atoms with van der Waals surface area (Å²) >= 11 is 0. The molecule has 0 heterocycles. The van der Waals surface area contributed by atoms with Crippen molar-refractivity contribution in [2.24, 2.45) is 5.41 Å². The van der Waals surface area contributed by atoms with Crippen LogP contribution in [0.25, 0.3) is 0 Å². The smallest absolute Gasteiger partial charge is 0.356 e. The molecule has 0 fully saturated rings. The molecule has 0 saturated heterocycles. The molecular formula is C29H32O5P+. The van der Waals surface area contributed by atoms with Crippen LogP contribution in [0.15, 0.2) is 91.0 Å². The van der Waals surface area contributed by atoms with Gasteiger partial charge in [-0.1, -0.05) is 54.6 Å². The summed E-state index contributed by atoms with van der Waals surface area (Å²) in [6.07, 6.45) is 0.0759. The number of carbonyl (C=O) groups excluding carboxylic acids is 2. The molecule has 0 amide bonds. The second-order valence-electron chi connectivity index (χ2n) is 9.04. The van der Waals surface area contributed by atoms with Gasteiger partial charge in [-0.25, -0.2) is 4.79 Å². The fourth-order valence-corrected chi connectivity index (χ4v) is 8.96. The van der Waals surface area contributed by atoms with Gasteiger partial charge in [-0.3, -0.25) is 9.59 Å². The van der Waals surface area contributed by atoms with Crippen molar-refractivity contribution < 1.29 is 24.2 Å². The van der Waals surface area contributed by atoms with E-state index in [4.69, 9.17) is 4.74 Å².